The monoisotopic (exact) mass is 283 g/mol. The molecule has 3 nitrogen and oxygen atoms in total. The molecule has 2 N–H and O–H groups in total. The summed E-state index contributed by atoms with van der Waals surface area (Å²) in [4.78, 5) is 4.46. The van der Waals surface area contributed by atoms with Crippen LogP contribution in [0.5, 0.6) is 0 Å². The van der Waals surface area contributed by atoms with Crippen LogP contribution in [-0.2, 0) is 18.9 Å². The normalized spacial score (nSPS) is 19.3. The van der Waals surface area contributed by atoms with Gasteiger partial charge in [0.25, 0.3) is 0 Å². The number of aryl methyl sites for hydroxylation is 1. The molecule has 1 atom stereocenters. The van der Waals surface area contributed by atoms with E-state index < -0.39 is 0 Å². The van der Waals surface area contributed by atoms with Gasteiger partial charge in [-0.05, 0) is 18.4 Å². The summed E-state index contributed by atoms with van der Waals surface area (Å²) in [6.07, 6.45) is 11.0. The van der Waals surface area contributed by atoms with Crippen LogP contribution in [0.4, 0.5) is 0 Å². The van der Waals surface area contributed by atoms with Gasteiger partial charge < -0.3 is 10.3 Å². The van der Waals surface area contributed by atoms with Crippen molar-refractivity contribution in [3.63, 3.8) is 0 Å². The maximum absolute atomic E-state index is 6.72. The van der Waals surface area contributed by atoms with Crippen molar-refractivity contribution in [1.29, 1.82) is 0 Å². The van der Waals surface area contributed by atoms with Crippen LogP contribution in [0.3, 0.4) is 0 Å². The Morgan fingerprint density at radius 2 is 1.90 bits per heavy atom. The van der Waals surface area contributed by atoms with Gasteiger partial charge in [-0.3, -0.25) is 0 Å². The van der Waals surface area contributed by atoms with Crippen LogP contribution in [0.25, 0.3) is 0 Å². The Bertz CT molecular complexity index is 567. The van der Waals surface area contributed by atoms with Gasteiger partial charge >= 0.3 is 0 Å². The van der Waals surface area contributed by atoms with E-state index in [0.717, 1.165) is 12.2 Å². The summed E-state index contributed by atoms with van der Waals surface area (Å²) in [5.74, 6) is 1.09. The van der Waals surface area contributed by atoms with Crippen LogP contribution < -0.4 is 5.73 Å². The van der Waals surface area contributed by atoms with Crippen molar-refractivity contribution in [3.8, 4) is 0 Å². The van der Waals surface area contributed by atoms with Gasteiger partial charge in [-0.1, -0.05) is 49.6 Å². The fourth-order valence-electron chi connectivity index (χ4n) is 3.81. The maximum atomic E-state index is 6.72. The number of nitrogens with zero attached hydrogens (tertiary/aromatic N) is 2. The Balaban J connectivity index is 1.90. The lowest BCUT2D eigenvalue weighted by Gasteiger charge is -2.42. The minimum Gasteiger partial charge on any atom is -0.338 e. The molecule has 1 aliphatic rings. The first-order valence-electron chi connectivity index (χ1n) is 8.00. The van der Waals surface area contributed by atoms with Gasteiger partial charge in [0.2, 0.25) is 0 Å². The lowest BCUT2D eigenvalue weighted by Crippen LogP contribution is -2.48. The van der Waals surface area contributed by atoms with Crippen molar-refractivity contribution < 1.29 is 0 Å². The van der Waals surface area contributed by atoms with Crippen LogP contribution in [-0.4, -0.2) is 15.6 Å². The van der Waals surface area contributed by atoms with E-state index in [2.05, 4.69) is 39.9 Å². The molecule has 3 rings (SSSR count). The van der Waals surface area contributed by atoms with E-state index >= 15 is 0 Å². The summed E-state index contributed by atoms with van der Waals surface area (Å²) in [5.41, 5.74) is 8.25. The molecule has 21 heavy (non-hydrogen) atoms. The minimum absolute atomic E-state index is 0.117. The van der Waals surface area contributed by atoms with E-state index in [4.69, 9.17) is 5.73 Å². The van der Waals surface area contributed by atoms with Gasteiger partial charge in [0.1, 0.15) is 5.82 Å². The highest BCUT2D eigenvalue weighted by molar-refractivity contribution is 5.29. The number of imidazole rings is 1. The largest absolute Gasteiger partial charge is 0.338 e. The van der Waals surface area contributed by atoms with Gasteiger partial charge in [0, 0.05) is 37.3 Å². The highest BCUT2D eigenvalue weighted by Crippen LogP contribution is 2.42. The molecular weight excluding hydrogens is 258 g/mol. The lowest BCUT2D eigenvalue weighted by atomic mass is 9.64. The average Bonchev–Trinajstić information content (AvgIpc) is 2.94. The third-order valence-electron chi connectivity index (χ3n) is 5.13. The molecule has 0 radical (unpaired) electrons. The SMILES string of the molecule is Cn1ccnc1CC(N)C1(c2ccccc2)CCCCC1. The van der Waals surface area contributed by atoms with Gasteiger partial charge in [-0.2, -0.15) is 0 Å². The number of nitrogens with two attached hydrogens (primary N) is 1. The zero-order valence-electron chi connectivity index (χ0n) is 12.8. The molecule has 0 aliphatic heterocycles. The van der Waals surface area contributed by atoms with Crippen molar-refractivity contribution in [2.24, 2.45) is 12.8 Å². The first-order chi connectivity index (χ1) is 10.2. The van der Waals surface area contributed by atoms with E-state index in [1.165, 1.54) is 37.7 Å². The van der Waals surface area contributed by atoms with E-state index in [1.807, 2.05) is 19.4 Å². The second-order valence-electron chi connectivity index (χ2n) is 6.35. The maximum Gasteiger partial charge on any atom is 0.109 e. The van der Waals surface area contributed by atoms with Crippen molar-refractivity contribution in [1.82, 2.24) is 9.55 Å². The molecule has 1 fully saturated rings. The quantitative estimate of drug-likeness (QED) is 0.936. The number of benzene rings is 1. The van der Waals surface area contributed by atoms with Gasteiger partial charge in [0.15, 0.2) is 0 Å². The molecule has 0 bridgehead atoms. The molecular formula is C18H25N3. The minimum atomic E-state index is 0.117. The highest BCUT2D eigenvalue weighted by atomic mass is 15.0. The molecule has 1 saturated carbocycles. The van der Waals surface area contributed by atoms with Crippen LogP contribution in [0.1, 0.15) is 43.5 Å². The molecule has 1 aromatic heterocycles. The molecule has 1 aliphatic carbocycles. The first kappa shape index (κ1) is 14.3. The lowest BCUT2D eigenvalue weighted by molar-refractivity contribution is 0.238. The molecule has 0 spiro atoms. The molecule has 0 amide bonds. The summed E-state index contributed by atoms with van der Waals surface area (Å²) in [6.45, 7) is 0. The van der Waals surface area contributed by atoms with E-state index in [9.17, 15) is 0 Å². The second kappa shape index (κ2) is 6.02. The first-order valence-corrected chi connectivity index (χ1v) is 8.00. The fraction of sp³-hybridized carbons (Fsp3) is 0.500. The Hall–Kier alpha value is -1.61. The standard InChI is InChI=1S/C18H25N3/c1-21-13-12-20-17(21)14-16(19)18(10-6-3-7-11-18)15-8-4-2-5-9-15/h2,4-5,8-9,12-13,16H,3,6-7,10-11,14,19H2,1H3. The number of hydrogen-bond acceptors (Lipinski definition) is 2. The van der Waals surface area contributed by atoms with Crippen LogP contribution in [0.15, 0.2) is 42.7 Å². The van der Waals surface area contributed by atoms with Gasteiger partial charge in [-0.15, -0.1) is 0 Å². The topological polar surface area (TPSA) is 43.8 Å². The van der Waals surface area contributed by atoms with E-state index in [-0.39, 0.29) is 11.5 Å². The van der Waals surface area contributed by atoms with Crippen LogP contribution in [0.2, 0.25) is 0 Å². The van der Waals surface area contributed by atoms with E-state index in [1.54, 1.807) is 0 Å². The molecule has 1 heterocycles. The van der Waals surface area contributed by atoms with Gasteiger partial charge in [0.05, 0.1) is 0 Å². The summed E-state index contributed by atoms with van der Waals surface area (Å²) in [7, 11) is 2.05. The Labute approximate surface area is 127 Å². The Morgan fingerprint density at radius 1 is 1.19 bits per heavy atom. The summed E-state index contributed by atoms with van der Waals surface area (Å²) >= 11 is 0. The Morgan fingerprint density at radius 3 is 2.52 bits per heavy atom. The van der Waals surface area contributed by atoms with Crippen LogP contribution in [0, 0.1) is 0 Å². The third kappa shape index (κ3) is 2.75. The third-order valence-corrected chi connectivity index (χ3v) is 5.13. The zero-order valence-corrected chi connectivity index (χ0v) is 12.8. The average molecular weight is 283 g/mol. The Kier molecular flexibility index (Phi) is 4.11. The number of aromatic nitrogens is 2. The fourth-order valence-corrected chi connectivity index (χ4v) is 3.81. The summed E-state index contributed by atoms with van der Waals surface area (Å²) < 4.78 is 2.08. The highest BCUT2D eigenvalue weighted by Gasteiger charge is 2.39. The predicted molar refractivity (Wildman–Crippen MR) is 86.1 cm³/mol. The summed E-state index contributed by atoms with van der Waals surface area (Å²) in [5, 5.41) is 0. The van der Waals surface area contributed by atoms with Crippen molar-refractivity contribution >= 4 is 0 Å². The number of rotatable bonds is 4. The molecule has 112 valence electrons. The van der Waals surface area contributed by atoms with Crippen LogP contribution >= 0.6 is 0 Å². The molecule has 1 aromatic carbocycles. The van der Waals surface area contributed by atoms with Crippen molar-refractivity contribution in [3.05, 3.63) is 54.1 Å². The summed E-state index contributed by atoms with van der Waals surface area (Å²) in [6, 6.07) is 11.0. The molecule has 1 unspecified atom stereocenters. The van der Waals surface area contributed by atoms with Crippen molar-refractivity contribution in [2.75, 3.05) is 0 Å². The molecule has 0 saturated heterocycles. The number of hydrogen-bond donors (Lipinski definition) is 1. The predicted octanol–water partition coefficient (Wildman–Crippen LogP) is 3.19. The van der Waals surface area contributed by atoms with Gasteiger partial charge in [-0.25, -0.2) is 4.98 Å². The van der Waals surface area contributed by atoms with Crippen molar-refractivity contribution in [2.45, 2.75) is 50.0 Å². The van der Waals surface area contributed by atoms with E-state index in [0.29, 0.717) is 0 Å². The molecule has 3 heteroatoms. The molecule has 2 aromatic rings. The second-order valence-corrected chi connectivity index (χ2v) is 6.35. The zero-order chi connectivity index (χ0) is 14.7. The smallest absolute Gasteiger partial charge is 0.109 e.